The summed E-state index contributed by atoms with van der Waals surface area (Å²) >= 11 is 5.96. The van der Waals surface area contributed by atoms with Gasteiger partial charge in [-0.05, 0) is 24.2 Å². The number of nitrogens with one attached hydrogen (secondary N) is 1. The SMILES string of the molecule is CCNCc1ccc(OC)c(Cl)c1.Cl. The van der Waals surface area contributed by atoms with E-state index >= 15 is 0 Å². The Hall–Kier alpha value is -0.440. The van der Waals surface area contributed by atoms with Crippen LogP contribution in [-0.4, -0.2) is 13.7 Å². The van der Waals surface area contributed by atoms with Crippen LogP contribution in [0, 0.1) is 0 Å². The summed E-state index contributed by atoms with van der Waals surface area (Å²) in [6, 6.07) is 5.81. The molecular weight excluding hydrogens is 221 g/mol. The van der Waals surface area contributed by atoms with Crippen molar-refractivity contribution in [3.63, 3.8) is 0 Å². The smallest absolute Gasteiger partial charge is 0.137 e. The van der Waals surface area contributed by atoms with Gasteiger partial charge in [0.2, 0.25) is 0 Å². The number of hydrogen-bond acceptors (Lipinski definition) is 2. The number of methoxy groups -OCH3 is 1. The first-order chi connectivity index (χ1) is 6.27. The molecule has 0 atom stereocenters. The lowest BCUT2D eigenvalue weighted by Gasteiger charge is -2.06. The Bertz CT molecular complexity index is 279. The second kappa shape index (κ2) is 6.93. The standard InChI is InChI=1S/C10H14ClNO.ClH/c1-3-12-7-8-4-5-10(13-2)9(11)6-8;/h4-6,12H,3,7H2,1-2H3;1H. The van der Waals surface area contributed by atoms with Crippen LogP contribution in [0.5, 0.6) is 5.75 Å². The van der Waals surface area contributed by atoms with E-state index in [2.05, 4.69) is 12.2 Å². The Morgan fingerprint density at radius 2 is 2.14 bits per heavy atom. The maximum Gasteiger partial charge on any atom is 0.137 e. The molecule has 0 aromatic heterocycles. The summed E-state index contributed by atoms with van der Waals surface area (Å²) < 4.78 is 5.05. The Labute approximate surface area is 96.0 Å². The van der Waals surface area contributed by atoms with Crippen molar-refractivity contribution < 1.29 is 4.74 Å². The summed E-state index contributed by atoms with van der Waals surface area (Å²) in [6.45, 7) is 3.88. The van der Waals surface area contributed by atoms with Gasteiger partial charge in [0.25, 0.3) is 0 Å². The molecule has 0 fully saturated rings. The first kappa shape index (κ1) is 13.6. The van der Waals surface area contributed by atoms with Crippen molar-refractivity contribution in [3.8, 4) is 5.75 Å². The Kier molecular flexibility index (Phi) is 6.71. The fourth-order valence-electron chi connectivity index (χ4n) is 1.09. The van der Waals surface area contributed by atoms with Crippen LogP contribution in [0.1, 0.15) is 12.5 Å². The van der Waals surface area contributed by atoms with Crippen LogP contribution in [0.15, 0.2) is 18.2 Å². The van der Waals surface area contributed by atoms with E-state index in [0.717, 1.165) is 18.8 Å². The number of rotatable bonds is 4. The predicted molar refractivity (Wildman–Crippen MR) is 62.6 cm³/mol. The molecule has 0 spiro atoms. The highest BCUT2D eigenvalue weighted by molar-refractivity contribution is 6.32. The van der Waals surface area contributed by atoms with Gasteiger partial charge in [0.1, 0.15) is 5.75 Å². The third-order valence-corrected chi connectivity index (χ3v) is 2.09. The van der Waals surface area contributed by atoms with Crippen molar-refractivity contribution >= 4 is 24.0 Å². The van der Waals surface area contributed by atoms with Crippen LogP contribution < -0.4 is 10.1 Å². The minimum atomic E-state index is 0. The van der Waals surface area contributed by atoms with Crippen molar-refractivity contribution in [1.82, 2.24) is 5.32 Å². The molecule has 0 bridgehead atoms. The lowest BCUT2D eigenvalue weighted by molar-refractivity contribution is 0.415. The van der Waals surface area contributed by atoms with Crippen LogP contribution >= 0.6 is 24.0 Å². The second-order valence-corrected chi connectivity index (χ2v) is 3.16. The highest BCUT2D eigenvalue weighted by Gasteiger charge is 2.00. The molecule has 1 aromatic rings. The molecule has 0 amide bonds. The van der Waals surface area contributed by atoms with Crippen molar-refractivity contribution in [1.29, 1.82) is 0 Å². The van der Waals surface area contributed by atoms with E-state index in [0.29, 0.717) is 5.02 Å². The van der Waals surface area contributed by atoms with E-state index in [9.17, 15) is 0 Å². The molecule has 14 heavy (non-hydrogen) atoms. The molecule has 0 aliphatic carbocycles. The minimum absolute atomic E-state index is 0. The third-order valence-electron chi connectivity index (χ3n) is 1.80. The highest BCUT2D eigenvalue weighted by Crippen LogP contribution is 2.24. The molecule has 0 saturated carbocycles. The molecule has 1 N–H and O–H groups in total. The van der Waals surface area contributed by atoms with Gasteiger partial charge in [-0.15, -0.1) is 12.4 Å². The largest absolute Gasteiger partial charge is 0.495 e. The minimum Gasteiger partial charge on any atom is -0.495 e. The van der Waals surface area contributed by atoms with Gasteiger partial charge in [0, 0.05) is 6.54 Å². The third kappa shape index (κ3) is 3.74. The molecule has 0 aliphatic heterocycles. The van der Waals surface area contributed by atoms with Gasteiger partial charge in [-0.3, -0.25) is 0 Å². The first-order valence-corrected chi connectivity index (χ1v) is 4.69. The zero-order valence-electron chi connectivity index (χ0n) is 8.34. The molecule has 1 rings (SSSR count). The predicted octanol–water partition coefficient (Wildman–Crippen LogP) is 2.88. The van der Waals surface area contributed by atoms with Crippen LogP contribution in [0.2, 0.25) is 5.02 Å². The van der Waals surface area contributed by atoms with Crippen molar-refractivity contribution in [2.75, 3.05) is 13.7 Å². The quantitative estimate of drug-likeness (QED) is 0.867. The summed E-state index contributed by atoms with van der Waals surface area (Å²) in [5.41, 5.74) is 1.17. The summed E-state index contributed by atoms with van der Waals surface area (Å²) in [7, 11) is 1.62. The Morgan fingerprint density at radius 1 is 1.43 bits per heavy atom. The van der Waals surface area contributed by atoms with Gasteiger partial charge in [-0.1, -0.05) is 24.6 Å². The molecule has 0 aliphatic rings. The lowest BCUT2D eigenvalue weighted by Crippen LogP contribution is -2.11. The van der Waals surface area contributed by atoms with Crippen molar-refractivity contribution in [2.45, 2.75) is 13.5 Å². The highest BCUT2D eigenvalue weighted by atomic mass is 35.5. The fourth-order valence-corrected chi connectivity index (χ4v) is 1.37. The van der Waals surface area contributed by atoms with Crippen LogP contribution in [0.4, 0.5) is 0 Å². The van der Waals surface area contributed by atoms with Crippen LogP contribution in [0.25, 0.3) is 0 Å². The van der Waals surface area contributed by atoms with Gasteiger partial charge < -0.3 is 10.1 Å². The maximum absolute atomic E-state index is 5.96. The Balaban J connectivity index is 0.00000169. The second-order valence-electron chi connectivity index (χ2n) is 2.75. The summed E-state index contributed by atoms with van der Waals surface area (Å²) in [5, 5.41) is 3.89. The zero-order valence-corrected chi connectivity index (χ0v) is 9.91. The monoisotopic (exact) mass is 235 g/mol. The number of halogens is 2. The van der Waals surface area contributed by atoms with E-state index < -0.39 is 0 Å². The molecule has 1 aromatic carbocycles. The van der Waals surface area contributed by atoms with E-state index in [-0.39, 0.29) is 12.4 Å². The lowest BCUT2D eigenvalue weighted by atomic mass is 10.2. The number of hydrogen-bond donors (Lipinski definition) is 1. The van der Waals surface area contributed by atoms with E-state index in [1.54, 1.807) is 7.11 Å². The summed E-state index contributed by atoms with van der Waals surface area (Å²) in [6.07, 6.45) is 0. The van der Waals surface area contributed by atoms with Gasteiger partial charge in [-0.2, -0.15) is 0 Å². The molecule has 4 heteroatoms. The average molecular weight is 236 g/mol. The van der Waals surface area contributed by atoms with Crippen LogP contribution in [0.3, 0.4) is 0 Å². The number of benzene rings is 1. The van der Waals surface area contributed by atoms with Crippen molar-refractivity contribution in [3.05, 3.63) is 28.8 Å². The normalized spacial score (nSPS) is 9.36. The summed E-state index contributed by atoms with van der Waals surface area (Å²) in [4.78, 5) is 0. The fraction of sp³-hybridized carbons (Fsp3) is 0.400. The van der Waals surface area contributed by atoms with E-state index in [4.69, 9.17) is 16.3 Å². The van der Waals surface area contributed by atoms with Gasteiger partial charge >= 0.3 is 0 Å². The Morgan fingerprint density at radius 3 is 2.64 bits per heavy atom. The van der Waals surface area contributed by atoms with Crippen molar-refractivity contribution in [2.24, 2.45) is 0 Å². The van der Waals surface area contributed by atoms with E-state index in [1.165, 1.54) is 5.56 Å². The van der Waals surface area contributed by atoms with Gasteiger partial charge in [0.05, 0.1) is 12.1 Å². The zero-order chi connectivity index (χ0) is 9.68. The molecule has 2 nitrogen and oxygen atoms in total. The topological polar surface area (TPSA) is 21.3 Å². The number of ether oxygens (including phenoxy) is 1. The molecule has 0 saturated heterocycles. The molecule has 80 valence electrons. The van der Waals surface area contributed by atoms with E-state index in [1.807, 2.05) is 18.2 Å². The molecule has 0 radical (unpaired) electrons. The molecular formula is C10H15Cl2NO. The first-order valence-electron chi connectivity index (χ1n) is 4.31. The average Bonchev–Trinajstić information content (AvgIpc) is 2.15. The van der Waals surface area contributed by atoms with Gasteiger partial charge in [0.15, 0.2) is 0 Å². The molecule has 0 unspecified atom stereocenters. The maximum atomic E-state index is 5.96. The summed E-state index contributed by atoms with van der Waals surface area (Å²) in [5.74, 6) is 0.724. The molecule has 0 heterocycles. The van der Waals surface area contributed by atoms with Crippen LogP contribution in [-0.2, 0) is 6.54 Å². The van der Waals surface area contributed by atoms with Gasteiger partial charge in [-0.25, -0.2) is 0 Å².